The molecule has 3 fully saturated rings. The van der Waals surface area contributed by atoms with Crippen LogP contribution in [0.1, 0.15) is 28.3 Å². The van der Waals surface area contributed by atoms with E-state index in [9.17, 15) is 14.4 Å². The molecule has 1 saturated heterocycles. The number of hydrogen-bond acceptors (Lipinski definition) is 6. The number of benzene rings is 3. The highest BCUT2D eigenvalue weighted by Crippen LogP contribution is 2.69. The highest BCUT2D eigenvalue weighted by Gasteiger charge is 2.69. The van der Waals surface area contributed by atoms with Crippen molar-refractivity contribution in [2.45, 2.75) is 29.2 Å². The molecule has 11 heteroatoms. The lowest BCUT2D eigenvalue weighted by molar-refractivity contribution is -0.123. The van der Waals surface area contributed by atoms with Gasteiger partial charge in [-0.25, -0.2) is 0 Å². The number of aromatic amines is 1. The fourth-order valence-electron chi connectivity index (χ4n) is 7.89. The molecule has 2 aliphatic carbocycles. The summed E-state index contributed by atoms with van der Waals surface area (Å²) in [5.74, 6) is -0.378. The van der Waals surface area contributed by atoms with Gasteiger partial charge in [0.25, 0.3) is 0 Å². The number of thiazole rings is 1. The fraction of sp³-hybridized carbons (Fsp3) is 0.281. The summed E-state index contributed by atoms with van der Waals surface area (Å²) in [4.78, 5) is 45.9. The second kappa shape index (κ2) is 10.5. The number of thioether (sulfide) groups is 1. The zero-order valence-corrected chi connectivity index (χ0v) is 27.1. The standard InChI is InChI=1S/C32H23BrCl2N2O4S2/c33-15-4-9-22(41-13-14-2-1-3-17(35)10-14)19(11-15)23-24-20-12-21(27(24)42-29-28(23)43-32(40)36-29)26-25(20)30(38)37(31(26)39)18-7-5-16(34)6-8-18/h1-11,20-21,23-27H,12-13H2,(H,36,40)/t20?,21?,23-,24?,25?,26?,27?/m1/s1. The SMILES string of the molecule is O=C1C2C3CC(C2C(=O)N1c1ccc(Cl)cc1)C1C3Sc2[nH]c(=O)sc2[C@@H]1c1cc(Br)ccc1OCc1cccc(Cl)c1. The number of carbonyl (C=O) groups is 2. The molecule has 4 aliphatic rings. The van der Waals surface area contributed by atoms with Crippen LogP contribution in [-0.4, -0.2) is 22.0 Å². The Hall–Kier alpha value is -2.56. The molecular weight excluding hydrogens is 691 g/mol. The molecule has 6 unspecified atom stereocenters. The lowest BCUT2D eigenvalue weighted by Gasteiger charge is -2.43. The van der Waals surface area contributed by atoms with Crippen LogP contribution in [0.2, 0.25) is 10.0 Å². The van der Waals surface area contributed by atoms with Gasteiger partial charge in [0.05, 0.1) is 22.5 Å². The van der Waals surface area contributed by atoms with Gasteiger partial charge in [0.1, 0.15) is 12.4 Å². The van der Waals surface area contributed by atoms with E-state index in [-0.39, 0.29) is 51.5 Å². The Balaban J connectivity index is 1.20. The molecule has 8 rings (SSSR count). The number of nitrogens with one attached hydrogen (secondary N) is 1. The van der Waals surface area contributed by atoms with Crippen molar-refractivity contribution in [3.8, 4) is 5.75 Å². The average molecular weight is 714 g/mol. The third kappa shape index (κ3) is 4.45. The number of fused-ring (bicyclic) bond motifs is 9. The molecule has 3 heterocycles. The summed E-state index contributed by atoms with van der Waals surface area (Å²) in [5, 5.41) is 2.13. The van der Waals surface area contributed by atoms with Crippen LogP contribution >= 0.6 is 62.2 Å². The van der Waals surface area contributed by atoms with Gasteiger partial charge in [-0.15, -0.1) is 11.8 Å². The topological polar surface area (TPSA) is 79.5 Å². The van der Waals surface area contributed by atoms with E-state index in [1.54, 1.807) is 36.0 Å². The quantitative estimate of drug-likeness (QED) is 0.214. The molecule has 1 aromatic heterocycles. The van der Waals surface area contributed by atoms with Crippen LogP contribution in [0.4, 0.5) is 5.69 Å². The van der Waals surface area contributed by atoms with E-state index in [4.69, 9.17) is 27.9 Å². The molecule has 3 aromatic carbocycles. The van der Waals surface area contributed by atoms with Gasteiger partial charge in [0.15, 0.2) is 0 Å². The van der Waals surface area contributed by atoms with E-state index in [0.29, 0.717) is 22.3 Å². The summed E-state index contributed by atoms with van der Waals surface area (Å²) in [6.07, 6.45) is 0.811. The van der Waals surface area contributed by atoms with E-state index >= 15 is 0 Å². The van der Waals surface area contributed by atoms with Gasteiger partial charge in [0, 0.05) is 36.1 Å². The maximum Gasteiger partial charge on any atom is 0.305 e. The lowest BCUT2D eigenvalue weighted by Crippen LogP contribution is -2.42. The summed E-state index contributed by atoms with van der Waals surface area (Å²) in [6, 6.07) is 20.4. The van der Waals surface area contributed by atoms with Gasteiger partial charge in [-0.3, -0.25) is 19.3 Å². The van der Waals surface area contributed by atoms with Gasteiger partial charge in [0.2, 0.25) is 11.8 Å². The zero-order chi connectivity index (χ0) is 29.6. The molecule has 2 saturated carbocycles. The van der Waals surface area contributed by atoms with E-state index in [1.807, 2.05) is 36.4 Å². The third-order valence-corrected chi connectivity index (χ3v) is 13.0. The number of ether oxygens (including phenoxy) is 1. The normalized spacial score (nSPS) is 28.6. The fourth-order valence-corrected chi connectivity index (χ4v) is 11.5. The molecule has 2 bridgehead atoms. The minimum Gasteiger partial charge on any atom is -0.489 e. The second-order valence-electron chi connectivity index (χ2n) is 11.5. The Morgan fingerprint density at radius 2 is 1.70 bits per heavy atom. The van der Waals surface area contributed by atoms with Crippen LogP contribution in [0.25, 0.3) is 0 Å². The third-order valence-electron chi connectivity index (χ3n) is 9.40. The highest BCUT2D eigenvalue weighted by atomic mass is 79.9. The number of aromatic nitrogens is 1. The largest absolute Gasteiger partial charge is 0.489 e. The monoisotopic (exact) mass is 712 g/mol. The Labute approximate surface area is 273 Å². The van der Waals surface area contributed by atoms with Crippen LogP contribution in [-0.2, 0) is 16.2 Å². The van der Waals surface area contributed by atoms with Crippen LogP contribution in [0.15, 0.2) is 81.0 Å². The number of imide groups is 1. The number of nitrogens with zero attached hydrogens (tertiary/aromatic N) is 1. The van der Waals surface area contributed by atoms with Gasteiger partial charge < -0.3 is 9.72 Å². The molecule has 1 N–H and O–H groups in total. The molecule has 218 valence electrons. The molecular formula is C32H23BrCl2N2O4S2. The van der Waals surface area contributed by atoms with Crippen molar-refractivity contribution >= 4 is 79.7 Å². The maximum absolute atomic E-state index is 14.0. The molecule has 2 aliphatic heterocycles. The first kappa shape index (κ1) is 28.0. The molecule has 6 nitrogen and oxygen atoms in total. The van der Waals surface area contributed by atoms with E-state index in [2.05, 4.69) is 27.0 Å². The van der Waals surface area contributed by atoms with Gasteiger partial charge in [-0.2, -0.15) is 0 Å². The number of rotatable bonds is 5. The smallest absolute Gasteiger partial charge is 0.305 e. The first-order valence-electron chi connectivity index (χ1n) is 14.0. The van der Waals surface area contributed by atoms with Gasteiger partial charge in [-0.1, -0.05) is 62.6 Å². The van der Waals surface area contributed by atoms with Crippen molar-refractivity contribution in [3.63, 3.8) is 0 Å². The van der Waals surface area contributed by atoms with Crippen LogP contribution < -0.4 is 14.5 Å². The molecule has 4 aromatic rings. The van der Waals surface area contributed by atoms with Crippen molar-refractivity contribution in [2.75, 3.05) is 4.90 Å². The predicted octanol–water partition coefficient (Wildman–Crippen LogP) is 7.76. The Bertz CT molecular complexity index is 1860. The van der Waals surface area contributed by atoms with E-state index < -0.39 is 5.92 Å². The Kier molecular flexibility index (Phi) is 6.84. The number of carbonyl (C=O) groups excluding carboxylic acids is 2. The summed E-state index contributed by atoms with van der Waals surface area (Å²) >= 11 is 18.9. The summed E-state index contributed by atoms with van der Waals surface area (Å²) in [7, 11) is 0. The van der Waals surface area contributed by atoms with Crippen molar-refractivity contribution in [1.29, 1.82) is 0 Å². The van der Waals surface area contributed by atoms with Crippen molar-refractivity contribution < 1.29 is 14.3 Å². The molecule has 43 heavy (non-hydrogen) atoms. The minimum absolute atomic E-state index is 0.00337. The zero-order valence-electron chi connectivity index (χ0n) is 22.3. The number of halogens is 3. The Morgan fingerprint density at radius 3 is 2.47 bits per heavy atom. The van der Waals surface area contributed by atoms with Crippen molar-refractivity contribution in [3.05, 3.63) is 107 Å². The highest BCUT2D eigenvalue weighted by molar-refractivity contribution is 9.10. The maximum atomic E-state index is 14.0. The number of anilines is 1. The minimum atomic E-state index is -0.391. The average Bonchev–Trinajstić information content (AvgIpc) is 3.72. The first-order chi connectivity index (χ1) is 20.8. The lowest BCUT2D eigenvalue weighted by atomic mass is 9.68. The molecule has 7 atom stereocenters. The molecule has 0 radical (unpaired) electrons. The molecule has 0 spiro atoms. The van der Waals surface area contributed by atoms with Crippen LogP contribution in [0.3, 0.4) is 0 Å². The van der Waals surface area contributed by atoms with Crippen molar-refractivity contribution in [2.24, 2.45) is 29.6 Å². The number of amides is 2. The summed E-state index contributed by atoms with van der Waals surface area (Å²) < 4.78 is 7.34. The van der Waals surface area contributed by atoms with Gasteiger partial charge in [-0.05, 0) is 84.3 Å². The van der Waals surface area contributed by atoms with Crippen LogP contribution in [0, 0.1) is 29.6 Å². The number of hydrogen-bond donors (Lipinski definition) is 1. The number of H-pyrrole nitrogens is 1. The van der Waals surface area contributed by atoms with Crippen LogP contribution in [0.5, 0.6) is 5.75 Å². The predicted molar refractivity (Wildman–Crippen MR) is 172 cm³/mol. The van der Waals surface area contributed by atoms with E-state index in [0.717, 1.165) is 37.7 Å². The Morgan fingerprint density at radius 1 is 0.930 bits per heavy atom. The first-order valence-corrected chi connectivity index (χ1v) is 17.2. The summed E-state index contributed by atoms with van der Waals surface area (Å²) in [6.45, 7) is 0.334. The second-order valence-corrected chi connectivity index (χ2v) is 15.5. The summed E-state index contributed by atoms with van der Waals surface area (Å²) in [5.41, 5.74) is 2.48. The van der Waals surface area contributed by atoms with E-state index in [1.165, 1.54) is 16.2 Å². The molecule has 2 amide bonds. The van der Waals surface area contributed by atoms with Gasteiger partial charge >= 0.3 is 4.87 Å². The van der Waals surface area contributed by atoms with Crippen molar-refractivity contribution in [1.82, 2.24) is 4.98 Å².